The maximum atomic E-state index is 11.8. The number of hydrogen-bond acceptors (Lipinski definition) is 5. The van der Waals surface area contributed by atoms with Gasteiger partial charge in [-0.3, -0.25) is 0 Å². The Bertz CT molecular complexity index is 647. The molecule has 122 valence electrons. The third-order valence-corrected chi connectivity index (χ3v) is 5.97. The van der Waals surface area contributed by atoms with Gasteiger partial charge in [-0.25, -0.2) is 18.4 Å². The van der Waals surface area contributed by atoms with Crippen molar-refractivity contribution in [1.29, 1.82) is 0 Å². The predicted octanol–water partition coefficient (Wildman–Crippen LogP) is 1.44. The number of nitrogens with one attached hydrogen (secondary N) is 1. The number of sulfonamides is 1. The molecule has 0 bridgehead atoms. The van der Waals surface area contributed by atoms with Crippen LogP contribution in [0.25, 0.3) is 0 Å². The molecule has 22 heavy (non-hydrogen) atoms. The maximum Gasteiger partial charge on any atom is 0.211 e. The SMILES string of the molecule is CCCC1CN(S(C)(=O)=O)CC1Nc1ncnc2c1CCC2. The lowest BCUT2D eigenvalue weighted by Gasteiger charge is -2.21. The van der Waals surface area contributed by atoms with Gasteiger partial charge in [0, 0.05) is 30.4 Å². The molecule has 1 N–H and O–H groups in total. The van der Waals surface area contributed by atoms with Crippen molar-refractivity contribution in [2.75, 3.05) is 24.7 Å². The molecule has 0 aromatic carbocycles. The summed E-state index contributed by atoms with van der Waals surface area (Å²) in [6, 6.07) is 0.134. The van der Waals surface area contributed by atoms with Gasteiger partial charge in [0.1, 0.15) is 12.1 Å². The van der Waals surface area contributed by atoms with Crippen LogP contribution in [0.4, 0.5) is 5.82 Å². The Morgan fingerprint density at radius 3 is 2.86 bits per heavy atom. The molecule has 1 saturated heterocycles. The molecular formula is C15H24N4O2S. The molecule has 0 saturated carbocycles. The first-order valence-electron chi connectivity index (χ1n) is 8.03. The molecule has 1 fully saturated rings. The zero-order valence-corrected chi connectivity index (χ0v) is 14.1. The van der Waals surface area contributed by atoms with Crippen LogP contribution in [0.3, 0.4) is 0 Å². The minimum Gasteiger partial charge on any atom is -0.365 e. The third kappa shape index (κ3) is 3.10. The number of hydrogen-bond donors (Lipinski definition) is 1. The minimum atomic E-state index is -3.13. The van der Waals surface area contributed by atoms with Gasteiger partial charge in [0.15, 0.2) is 0 Å². The Balaban J connectivity index is 1.80. The molecule has 1 aliphatic heterocycles. The standard InChI is InChI=1S/C15H24N4O2S/c1-3-5-11-8-19(22(2,20)21)9-14(11)18-15-12-6-4-7-13(12)16-10-17-15/h10-11,14H,3-9H2,1-2H3,(H,16,17,18). The van der Waals surface area contributed by atoms with Gasteiger partial charge in [-0.15, -0.1) is 0 Å². The minimum absolute atomic E-state index is 0.134. The Morgan fingerprint density at radius 2 is 2.14 bits per heavy atom. The van der Waals surface area contributed by atoms with Crippen molar-refractivity contribution in [3.05, 3.63) is 17.6 Å². The lowest BCUT2D eigenvalue weighted by atomic mass is 9.98. The summed E-state index contributed by atoms with van der Waals surface area (Å²) in [5.74, 6) is 1.25. The molecule has 1 aromatic heterocycles. The zero-order valence-electron chi connectivity index (χ0n) is 13.2. The number of fused-ring (bicyclic) bond motifs is 1. The lowest BCUT2D eigenvalue weighted by Crippen LogP contribution is -2.31. The van der Waals surface area contributed by atoms with Crippen LogP contribution in [0.2, 0.25) is 0 Å². The highest BCUT2D eigenvalue weighted by Gasteiger charge is 2.37. The van der Waals surface area contributed by atoms with Gasteiger partial charge < -0.3 is 5.32 Å². The Kier molecular flexibility index (Phi) is 4.36. The second-order valence-electron chi connectivity index (χ2n) is 6.38. The number of aryl methyl sites for hydroxylation is 1. The summed E-state index contributed by atoms with van der Waals surface area (Å²) in [7, 11) is -3.13. The second-order valence-corrected chi connectivity index (χ2v) is 8.36. The molecule has 2 atom stereocenters. The highest BCUT2D eigenvalue weighted by molar-refractivity contribution is 7.88. The van der Waals surface area contributed by atoms with Gasteiger partial charge in [-0.05, 0) is 31.6 Å². The van der Waals surface area contributed by atoms with E-state index in [0.29, 0.717) is 19.0 Å². The van der Waals surface area contributed by atoms with E-state index in [1.807, 2.05) is 0 Å². The fourth-order valence-corrected chi connectivity index (χ4v) is 4.48. The van der Waals surface area contributed by atoms with E-state index in [0.717, 1.165) is 43.6 Å². The van der Waals surface area contributed by atoms with Crippen LogP contribution < -0.4 is 5.32 Å². The smallest absolute Gasteiger partial charge is 0.211 e. The van der Waals surface area contributed by atoms with Crippen molar-refractivity contribution in [1.82, 2.24) is 14.3 Å². The Labute approximate surface area is 132 Å². The Hall–Kier alpha value is -1.21. The quantitative estimate of drug-likeness (QED) is 0.887. The number of nitrogens with zero attached hydrogens (tertiary/aromatic N) is 3. The van der Waals surface area contributed by atoms with Gasteiger partial charge >= 0.3 is 0 Å². The molecule has 0 amide bonds. The van der Waals surface area contributed by atoms with E-state index < -0.39 is 10.0 Å². The average Bonchev–Trinajstić information content (AvgIpc) is 3.06. The van der Waals surface area contributed by atoms with E-state index >= 15 is 0 Å². The van der Waals surface area contributed by atoms with Crippen molar-refractivity contribution >= 4 is 15.8 Å². The molecule has 6 nitrogen and oxygen atoms in total. The molecule has 1 aliphatic carbocycles. The second kappa shape index (κ2) is 6.12. The average molecular weight is 324 g/mol. The van der Waals surface area contributed by atoms with Crippen LogP contribution >= 0.6 is 0 Å². The summed E-state index contributed by atoms with van der Waals surface area (Å²) in [4.78, 5) is 8.75. The highest BCUT2D eigenvalue weighted by Crippen LogP contribution is 2.30. The molecule has 2 unspecified atom stereocenters. The Morgan fingerprint density at radius 1 is 1.32 bits per heavy atom. The third-order valence-electron chi connectivity index (χ3n) is 4.73. The van der Waals surface area contributed by atoms with Gasteiger partial charge in [0.05, 0.1) is 6.26 Å². The summed E-state index contributed by atoms with van der Waals surface area (Å²) < 4.78 is 25.3. The summed E-state index contributed by atoms with van der Waals surface area (Å²) >= 11 is 0. The van der Waals surface area contributed by atoms with E-state index in [1.165, 1.54) is 11.8 Å². The predicted molar refractivity (Wildman–Crippen MR) is 86.3 cm³/mol. The van der Waals surface area contributed by atoms with Gasteiger partial charge in [-0.2, -0.15) is 4.31 Å². The first kappa shape index (κ1) is 15.7. The fraction of sp³-hybridized carbons (Fsp3) is 0.733. The van der Waals surface area contributed by atoms with E-state index in [4.69, 9.17) is 0 Å². The molecule has 0 spiro atoms. The van der Waals surface area contributed by atoms with Crippen molar-refractivity contribution in [2.24, 2.45) is 5.92 Å². The molecule has 7 heteroatoms. The van der Waals surface area contributed by atoms with Gasteiger partial charge in [0.2, 0.25) is 10.0 Å². The first-order valence-corrected chi connectivity index (χ1v) is 9.88. The largest absolute Gasteiger partial charge is 0.365 e. The molecule has 1 aromatic rings. The molecule has 2 heterocycles. The van der Waals surface area contributed by atoms with E-state index in [9.17, 15) is 8.42 Å². The number of anilines is 1. The van der Waals surface area contributed by atoms with Crippen LogP contribution in [0.15, 0.2) is 6.33 Å². The summed E-state index contributed by atoms with van der Waals surface area (Å²) in [5.41, 5.74) is 2.36. The van der Waals surface area contributed by atoms with Crippen LogP contribution in [-0.4, -0.2) is 48.1 Å². The lowest BCUT2D eigenvalue weighted by molar-refractivity contribution is 0.445. The van der Waals surface area contributed by atoms with Crippen LogP contribution in [0, 0.1) is 5.92 Å². The highest BCUT2D eigenvalue weighted by atomic mass is 32.2. The normalized spacial score (nSPS) is 25.4. The fourth-order valence-electron chi connectivity index (χ4n) is 3.59. The molecule has 0 radical (unpaired) electrons. The molecular weight excluding hydrogens is 300 g/mol. The van der Waals surface area contributed by atoms with Crippen LogP contribution in [0.5, 0.6) is 0 Å². The van der Waals surface area contributed by atoms with Crippen molar-refractivity contribution in [2.45, 2.75) is 45.1 Å². The van der Waals surface area contributed by atoms with Crippen LogP contribution in [0.1, 0.15) is 37.4 Å². The van der Waals surface area contributed by atoms with Crippen molar-refractivity contribution < 1.29 is 8.42 Å². The van der Waals surface area contributed by atoms with E-state index in [2.05, 4.69) is 22.2 Å². The summed E-state index contributed by atoms with van der Waals surface area (Å²) in [5, 5.41) is 3.52. The van der Waals surface area contributed by atoms with Crippen molar-refractivity contribution in [3.8, 4) is 0 Å². The van der Waals surface area contributed by atoms with Crippen LogP contribution in [-0.2, 0) is 22.9 Å². The first-order chi connectivity index (χ1) is 10.5. The molecule has 3 rings (SSSR count). The van der Waals surface area contributed by atoms with Crippen molar-refractivity contribution in [3.63, 3.8) is 0 Å². The monoisotopic (exact) mass is 324 g/mol. The molecule has 2 aliphatic rings. The van der Waals surface area contributed by atoms with Gasteiger partial charge in [-0.1, -0.05) is 13.3 Å². The zero-order chi connectivity index (χ0) is 15.7. The summed E-state index contributed by atoms with van der Waals surface area (Å²) in [6.07, 6.45) is 8.15. The summed E-state index contributed by atoms with van der Waals surface area (Å²) in [6.45, 7) is 3.28. The van der Waals surface area contributed by atoms with Gasteiger partial charge in [0.25, 0.3) is 0 Å². The topological polar surface area (TPSA) is 75.2 Å². The number of rotatable bonds is 5. The van der Waals surface area contributed by atoms with E-state index in [1.54, 1.807) is 10.6 Å². The van der Waals surface area contributed by atoms with E-state index in [-0.39, 0.29) is 6.04 Å². The maximum absolute atomic E-state index is 11.8. The number of aromatic nitrogens is 2.